The summed E-state index contributed by atoms with van der Waals surface area (Å²) in [6, 6.07) is 0.673. The second-order valence-electron chi connectivity index (χ2n) is 7.74. The Hall–Kier alpha value is -3.35. The molecule has 3 rings (SSSR count). The van der Waals surface area contributed by atoms with Crippen molar-refractivity contribution >= 4 is 19.7 Å². The van der Waals surface area contributed by atoms with Crippen molar-refractivity contribution < 1.29 is 64.1 Å². The molecule has 0 amide bonds. The van der Waals surface area contributed by atoms with E-state index in [0.29, 0.717) is 16.8 Å². The van der Waals surface area contributed by atoms with E-state index in [1.165, 1.54) is 18.1 Å². The molecule has 1 fully saturated rings. The third-order valence-corrected chi connectivity index (χ3v) is 6.35. The first-order valence-electron chi connectivity index (χ1n) is 10.1. The zero-order valence-electron chi connectivity index (χ0n) is 18.7. The number of aromatic nitrogens is 2. The zero-order chi connectivity index (χ0) is 28.6. The Balaban J connectivity index is 1.99. The van der Waals surface area contributed by atoms with E-state index in [-0.39, 0.29) is 6.67 Å². The SMILES string of the molecule is CN1C=CN(P(=O)(O)OCC2O[C@@H](n3ccc(=O)[nH]c3=O)C(OC(=O)C(F)(F)F)[C@H]2OC(=O)C(F)(F)F)C1. The second-order valence-corrected chi connectivity index (χ2v) is 9.49. The predicted octanol–water partition coefficient (Wildman–Crippen LogP) is 0.175. The third kappa shape index (κ3) is 6.55. The number of hydrogen-bond acceptors (Lipinski definition) is 10. The van der Waals surface area contributed by atoms with Crippen LogP contribution >= 0.6 is 7.75 Å². The number of aromatic amines is 1. The van der Waals surface area contributed by atoms with Crippen LogP contribution in [-0.4, -0.2) is 86.9 Å². The molecule has 0 saturated carbocycles. The number of carbonyl (C=O) groups is 2. The molecule has 14 nitrogen and oxygen atoms in total. The molecule has 5 atom stereocenters. The molecule has 2 N–H and O–H groups in total. The number of nitrogens with zero attached hydrogens (tertiary/aromatic N) is 3. The Bertz CT molecular complexity index is 1260. The first-order chi connectivity index (χ1) is 17.4. The summed E-state index contributed by atoms with van der Waals surface area (Å²) >= 11 is 0. The molecule has 1 saturated heterocycles. The molecule has 1 aromatic rings. The molecule has 0 aliphatic carbocycles. The van der Waals surface area contributed by atoms with Crippen LogP contribution in [0.15, 0.2) is 34.3 Å². The fourth-order valence-corrected chi connectivity index (χ4v) is 4.34. The maximum atomic E-state index is 12.9. The van der Waals surface area contributed by atoms with E-state index in [0.717, 1.165) is 10.9 Å². The quantitative estimate of drug-likeness (QED) is 0.254. The maximum absolute atomic E-state index is 12.9. The summed E-state index contributed by atoms with van der Waals surface area (Å²) in [4.78, 5) is 60.0. The van der Waals surface area contributed by atoms with Gasteiger partial charge in [0.2, 0.25) is 0 Å². The summed E-state index contributed by atoms with van der Waals surface area (Å²) in [6.45, 7) is -1.38. The number of ether oxygens (including phenoxy) is 3. The van der Waals surface area contributed by atoms with E-state index in [9.17, 15) is 55.0 Å². The highest BCUT2D eigenvalue weighted by atomic mass is 31.2. The molecule has 38 heavy (non-hydrogen) atoms. The smallest absolute Gasteiger partial charge is 0.449 e. The highest BCUT2D eigenvalue weighted by Gasteiger charge is 2.56. The normalized spacial score (nSPS) is 25.4. The lowest BCUT2D eigenvalue weighted by atomic mass is 10.1. The Kier molecular flexibility index (Phi) is 8.02. The van der Waals surface area contributed by atoms with Crippen LogP contribution in [0.25, 0.3) is 0 Å². The first kappa shape index (κ1) is 29.2. The summed E-state index contributed by atoms with van der Waals surface area (Å²) in [5.74, 6) is -5.91. The standard InChI is InChI=1S/C17H17F6N4O10P/c1-25-4-5-26(7-25)38(32,33)34-6-8-10(36-13(29)16(18,19)20)11(37-14(30)17(21,22)23)12(35-8)27-3-2-9(28)24-15(27)31/h2-5,8,10-12H,6-7H2,1H3,(H,32,33)(H,24,28,31)/t8?,10-,11?,12+/m0/s1. The molecular weight excluding hydrogens is 565 g/mol. The van der Waals surface area contributed by atoms with Gasteiger partial charge in [-0.3, -0.25) is 23.5 Å². The molecule has 1 aromatic heterocycles. The highest BCUT2D eigenvalue weighted by Crippen LogP contribution is 2.49. The van der Waals surface area contributed by atoms with Crippen LogP contribution in [0.5, 0.6) is 0 Å². The van der Waals surface area contributed by atoms with Crippen LogP contribution in [0.1, 0.15) is 6.23 Å². The van der Waals surface area contributed by atoms with E-state index in [2.05, 4.69) is 9.47 Å². The van der Waals surface area contributed by atoms with Gasteiger partial charge in [0.25, 0.3) is 5.56 Å². The van der Waals surface area contributed by atoms with Crippen molar-refractivity contribution in [2.24, 2.45) is 0 Å². The number of halogens is 6. The van der Waals surface area contributed by atoms with E-state index in [1.807, 2.05) is 0 Å². The summed E-state index contributed by atoms with van der Waals surface area (Å²) in [5, 5.41) is 0. The van der Waals surface area contributed by atoms with Gasteiger partial charge < -0.3 is 24.0 Å². The Morgan fingerprint density at radius 1 is 1.11 bits per heavy atom. The molecule has 0 spiro atoms. The highest BCUT2D eigenvalue weighted by molar-refractivity contribution is 7.50. The van der Waals surface area contributed by atoms with Gasteiger partial charge in [-0.25, -0.2) is 18.9 Å². The summed E-state index contributed by atoms with van der Waals surface area (Å²) in [7, 11) is -3.24. The molecular formula is C17H17F6N4O10P. The molecule has 212 valence electrons. The fourth-order valence-electron chi connectivity index (χ4n) is 3.26. The minimum atomic E-state index is -5.69. The number of carbonyl (C=O) groups excluding carboxylic acids is 2. The van der Waals surface area contributed by atoms with Crippen molar-refractivity contribution in [1.82, 2.24) is 19.1 Å². The van der Waals surface area contributed by atoms with Crippen LogP contribution in [0.2, 0.25) is 0 Å². The summed E-state index contributed by atoms with van der Waals surface area (Å²) in [6.07, 6.45) is -17.7. The molecule has 3 unspecified atom stereocenters. The Morgan fingerprint density at radius 3 is 2.18 bits per heavy atom. The summed E-state index contributed by atoms with van der Waals surface area (Å²) in [5.41, 5.74) is -2.35. The zero-order valence-corrected chi connectivity index (χ0v) is 19.6. The van der Waals surface area contributed by atoms with Crippen molar-refractivity contribution in [2.45, 2.75) is 36.9 Å². The molecule has 0 bridgehead atoms. The monoisotopic (exact) mass is 582 g/mol. The fraction of sp³-hybridized carbons (Fsp3) is 0.529. The topological polar surface area (TPSA) is 170 Å². The Labute approximate surface area is 206 Å². The van der Waals surface area contributed by atoms with Crippen molar-refractivity contribution in [2.75, 3.05) is 20.3 Å². The molecule has 0 aromatic carbocycles. The molecule has 21 heteroatoms. The van der Waals surface area contributed by atoms with Gasteiger partial charge in [0.15, 0.2) is 18.4 Å². The van der Waals surface area contributed by atoms with Crippen molar-refractivity contribution in [1.29, 1.82) is 0 Å². The number of hydrogen-bond donors (Lipinski definition) is 2. The number of H-pyrrole nitrogens is 1. The average Bonchev–Trinajstić information content (AvgIpc) is 3.36. The largest absolute Gasteiger partial charge is 0.490 e. The van der Waals surface area contributed by atoms with Gasteiger partial charge in [-0.15, -0.1) is 0 Å². The van der Waals surface area contributed by atoms with Gasteiger partial charge in [0.05, 0.1) is 13.3 Å². The minimum Gasteiger partial charge on any atom is -0.449 e. The van der Waals surface area contributed by atoms with Gasteiger partial charge in [0.1, 0.15) is 6.10 Å². The number of esters is 2. The maximum Gasteiger partial charge on any atom is 0.490 e. The third-order valence-electron chi connectivity index (χ3n) is 4.95. The first-order valence-corrected chi connectivity index (χ1v) is 11.6. The van der Waals surface area contributed by atoms with Crippen LogP contribution in [0.3, 0.4) is 0 Å². The molecule has 2 aliphatic heterocycles. The van der Waals surface area contributed by atoms with Crippen molar-refractivity contribution in [3.05, 3.63) is 45.5 Å². The minimum absolute atomic E-state index is 0.174. The van der Waals surface area contributed by atoms with E-state index >= 15 is 0 Å². The number of alkyl halides is 6. The number of rotatable bonds is 7. The van der Waals surface area contributed by atoms with Crippen molar-refractivity contribution in [3.8, 4) is 0 Å². The summed E-state index contributed by atoms with van der Waals surface area (Å²) < 4.78 is 110. The van der Waals surface area contributed by atoms with E-state index < -0.39 is 74.4 Å². The lowest BCUT2D eigenvalue weighted by Crippen LogP contribution is -2.46. The van der Waals surface area contributed by atoms with Crippen LogP contribution in [-0.2, 0) is 32.9 Å². The van der Waals surface area contributed by atoms with Crippen molar-refractivity contribution in [3.63, 3.8) is 0 Å². The van der Waals surface area contributed by atoms with E-state index in [4.69, 9.17) is 9.26 Å². The van der Waals surface area contributed by atoms with Gasteiger partial charge >= 0.3 is 37.7 Å². The average molecular weight is 582 g/mol. The van der Waals surface area contributed by atoms with Gasteiger partial charge in [0, 0.05) is 31.7 Å². The van der Waals surface area contributed by atoms with Crippen LogP contribution in [0, 0.1) is 0 Å². The van der Waals surface area contributed by atoms with Gasteiger partial charge in [-0.05, 0) is 0 Å². The lowest BCUT2D eigenvalue weighted by Gasteiger charge is -2.26. The van der Waals surface area contributed by atoms with Gasteiger partial charge in [-0.2, -0.15) is 26.3 Å². The number of nitrogens with one attached hydrogen (secondary N) is 1. The van der Waals surface area contributed by atoms with E-state index in [1.54, 1.807) is 4.98 Å². The lowest BCUT2D eigenvalue weighted by molar-refractivity contribution is -0.221. The Morgan fingerprint density at radius 2 is 1.68 bits per heavy atom. The molecule has 0 radical (unpaired) electrons. The van der Waals surface area contributed by atoms with Crippen LogP contribution < -0.4 is 11.2 Å². The second kappa shape index (κ2) is 10.4. The van der Waals surface area contributed by atoms with Gasteiger partial charge in [-0.1, -0.05) is 0 Å². The van der Waals surface area contributed by atoms with Crippen LogP contribution in [0.4, 0.5) is 26.3 Å². The molecule has 3 heterocycles. The molecule has 2 aliphatic rings. The predicted molar refractivity (Wildman–Crippen MR) is 106 cm³/mol.